The summed E-state index contributed by atoms with van der Waals surface area (Å²) in [7, 11) is 0. The maximum absolute atomic E-state index is 13.8. The number of nitrogens with zero attached hydrogens (tertiary/aromatic N) is 2. The molecule has 210 valence electrons. The Balaban J connectivity index is 1.35. The number of anilines is 2. The molecule has 0 aliphatic carbocycles. The third-order valence-electron chi connectivity index (χ3n) is 6.76. The molecule has 2 aliphatic heterocycles. The maximum Gasteiger partial charge on any atom is 0.416 e. The van der Waals surface area contributed by atoms with Gasteiger partial charge in [0.05, 0.1) is 22.2 Å². The molecule has 6 rings (SSSR count). The lowest BCUT2D eigenvalue weighted by Crippen LogP contribution is -2.32. The second-order valence-corrected chi connectivity index (χ2v) is 13.3. The van der Waals surface area contributed by atoms with Gasteiger partial charge >= 0.3 is 11.0 Å². The van der Waals surface area contributed by atoms with Crippen molar-refractivity contribution in [1.29, 1.82) is 0 Å². The zero-order valence-corrected chi connectivity index (χ0v) is 24.6. The van der Waals surface area contributed by atoms with Gasteiger partial charge in [0, 0.05) is 25.8 Å². The number of carbonyl (C=O) groups is 3. The number of amides is 3. The number of benzene rings is 2. The molecule has 41 heavy (non-hydrogen) atoms. The van der Waals surface area contributed by atoms with Crippen molar-refractivity contribution in [3.05, 3.63) is 95.5 Å². The lowest BCUT2D eigenvalue weighted by atomic mass is 9.87. The number of thioether (sulfide) groups is 1. The van der Waals surface area contributed by atoms with Crippen molar-refractivity contribution in [3.63, 3.8) is 0 Å². The van der Waals surface area contributed by atoms with Crippen molar-refractivity contribution < 1.29 is 27.6 Å². The lowest BCUT2D eigenvalue weighted by Gasteiger charge is -2.29. The van der Waals surface area contributed by atoms with Crippen LogP contribution in [0.5, 0.6) is 0 Å². The highest BCUT2D eigenvalue weighted by molar-refractivity contribution is 9.10. The van der Waals surface area contributed by atoms with Gasteiger partial charge in [0.1, 0.15) is 11.8 Å². The van der Waals surface area contributed by atoms with Crippen molar-refractivity contribution in [3.8, 4) is 0 Å². The summed E-state index contributed by atoms with van der Waals surface area (Å²) in [6.45, 7) is -0.471. The molecule has 3 atom stereocenters. The van der Waals surface area contributed by atoms with E-state index < -0.39 is 52.1 Å². The van der Waals surface area contributed by atoms with Gasteiger partial charge in [-0.05, 0) is 53.9 Å². The fraction of sp³-hybridized carbons (Fsp3) is 0.185. The Kier molecular flexibility index (Phi) is 7.20. The second kappa shape index (κ2) is 10.6. The monoisotopic (exact) mass is 679 g/mol. The molecule has 1 N–H and O–H groups in total. The first-order valence-corrected chi connectivity index (χ1v) is 15.4. The van der Waals surface area contributed by atoms with E-state index in [0.717, 1.165) is 44.6 Å². The van der Waals surface area contributed by atoms with Gasteiger partial charge in [0.15, 0.2) is 0 Å². The van der Waals surface area contributed by atoms with Crippen LogP contribution in [-0.4, -0.2) is 27.5 Å². The molecule has 3 unspecified atom stereocenters. The third kappa shape index (κ3) is 5.07. The SMILES string of the molecule is O=C(Cn1c2c(sc1=O)C(c1cccs1)C1C(=O)N(c3ccc(Br)cc3)C(=O)C1S2)Nc1cccc(C(F)(F)F)c1. The topological polar surface area (TPSA) is 88.5 Å². The maximum atomic E-state index is 13.8. The number of thiazole rings is 1. The van der Waals surface area contributed by atoms with E-state index in [4.69, 9.17) is 0 Å². The molecule has 0 saturated carbocycles. The first kappa shape index (κ1) is 27.9. The summed E-state index contributed by atoms with van der Waals surface area (Å²) in [5, 5.41) is 3.84. The Morgan fingerprint density at radius 1 is 1.00 bits per heavy atom. The molecule has 3 amide bonds. The number of hydrogen-bond acceptors (Lipinski definition) is 7. The average molecular weight is 681 g/mol. The number of carbonyl (C=O) groups excluding carboxylic acids is 3. The Bertz CT molecular complexity index is 1730. The van der Waals surface area contributed by atoms with Gasteiger partial charge in [-0.1, -0.05) is 51.2 Å². The molecule has 0 spiro atoms. The van der Waals surface area contributed by atoms with E-state index in [9.17, 15) is 32.3 Å². The molecule has 4 aromatic rings. The molecule has 2 aromatic heterocycles. The molecule has 4 heterocycles. The Morgan fingerprint density at radius 3 is 2.44 bits per heavy atom. The van der Waals surface area contributed by atoms with Gasteiger partial charge in [0.25, 0.3) is 0 Å². The molecule has 14 heteroatoms. The standard InChI is InChI=1S/C27H17BrF3N3O4S3/c28-14-6-8-16(9-7-14)34-23(36)20-19(17-5-2-10-39-17)22-25(40-21(20)24(34)37)33(26(38)41-22)12-18(35)32-15-4-1-3-13(11-15)27(29,30)31/h1-11,19-21H,12H2,(H,32,35). The number of alkyl halides is 3. The predicted molar refractivity (Wildman–Crippen MR) is 155 cm³/mol. The second-order valence-electron chi connectivity index (χ2n) is 9.30. The van der Waals surface area contributed by atoms with Crippen LogP contribution in [0.15, 0.2) is 80.3 Å². The van der Waals surface area contributed by atoms with Crippen molar-refractivity contribution in [2.45, 2.75) is 28.9 Å². The first-order valence-electron chi connectivity index (χ1n) is 12.1. The summed E-state index contributed by atoms with van der Waals surface area (Å²) in [6, 6.07) is 14.7. The van der Waals surface area contributed by atoms with Crippen molar-refractivity contribution in [1.82, 2.24) is 4.57 Å². The number of imide groups is 1. The first-order chi connectivity index (χ1) is 19.5. The zero-order valence-electron chi connectivity index (χ0n) is 20.6. The largest absolute Gasteiger partial charge is 0.416 e. The Morgan fingerprint density at radius 2 is 1.76 bits per heavy atom. The molecule has 0 radical (unpaired) electrons. The Labute approximate surface area is 251 Å². The highest BCUT2D eigenvalue weighted by Crippen LogP contribution is 2.54. The molecule has 0 bridgehead atoms. The van der Waals surface area contributed by atoms with Gasteiger partial charge in [0.2, 0.25) is 17.7 Å². The predicted octanol–water partition coefficient (Wildman–Crippen LogP) is 6.19. The summed E-state index contributed by atoms with van der Waals surface area (Å²) < 4.78 is 41.3. The zero-order chi connectivity index (χ0) is 29.1. The minimum Gasteiger partial charge on any atom is -0.325 e. The van der Waals surface area contributed by atoms with Crippen LogP contribution in [0.1, 0.15) is 21.2 Å². The number of rotatable bonds is 5. The quantitative estimate of drug-likeness (QED) is 0.254. The van der Waals surface area contributed by atoms with E-state index in [1.165, 1.54) is 32.9 Å². The van der Waals surface area contributed by atoms with E-state index >= 15 is 0 Å². The normalized spacial score (nSPS) is 20.2. The third-order valence-corrected chi connectivity index (χ3v) is 10.8. The molecule has 1 saturated heterocycles. The molecule has 7 nitrogen and oxygen atoms in total. The lowest BCUT2D eigenvalue weighted by molar-refractivity contribution is -0.137. The van der Waals surface area contributed by atoms with Crippen LogP contribution < -0.4 is 15.1 Å². The number of nitrogens with one attached hydrogen (secondary N) is 1. The minimum absolute atomic E-state index is 0.0622. The van der Waals surface area contributed by atoms with Gasteiger partial charge in [-0.15, -0.1) is 11.3 Å². The average Bonchev–Trinajstić information content (AvgIpc) is 3.62. The van der Waals surface area contributed by atoms with Gasteiger partial charge in [-0.2, -0.15) is 13.2 Å². The van der Waals surface area contributed by atoms with Gasteiger partial charge < -0.3 is 5.32 Å². The highest BCUT2D eigenvalue weighted by Gasteiger charge is 2.57. The number of fused-ring (bicyclic) bond motifs is 2. The fourth-order valence-electron chi connectivity index (χ4n) is 4.99. The van der Waals surface area contributed by atoms with Crippen molar-refractivity contribution >= 4 is 79.5 Å². The van der Waals surface area contributed by atoms with Gasteiger partial charge in [-0.3, -0.25) is 23.7 Å². The van der Waals surface area contributed by atoms with Crippen molar-refractivity contribution in [2.75, 3.05) is 10.2 Å². The van der Waals surface area contributed by atoms with Crippen LogP contribution in [-0.2, 0) is 27.1 Å². The van der Waals surface area contributed by atoms with E-state index in [0.29, 0.717) is 15.6 Å². The summed E-state index contributed by atoms with van der Waals surface area (Å²) in [4.78, 5) is 55.6. The molecule has 2 aromatic carbocycles. The summed E-state index contributed by atoms with van der Waals surface area (Å²) >= 11 is 6.74. The molecule has 2 aliphatic rings. The van der Waals surface area contributed by atoms with E-state index in [1.54, 1.807) is 24.3 Å². The Hall–Kier alpha value is -3.20. The summed E-state index contributed by atoms with van der Waals surface area (Å²) in [6.07, 6.45) is -4.58. The number of thiophene rings is 1. The van der Waals surface area contributed by atoms with Crippen molar-refractivity contribution in [2.24, 2.45) is 5.92 Å². The van der Waals surface area contributed by atoms with Crippen LogP contribution in [0.3, 0.4) is 0 Å². The van der Waals surface area contributed by atoms with Gasteiger partial charge in [-0.25, -0.2) is 4.90 Å². The van der Waals surface area contributed by atoms with Crippen LogP contribution in [0, 0.1) is 5.92 Å². The number of hydrogen-bond donors (Lipinski definition) is 1. The van der Waals surface area contributed by atoms with E-state index in [-0.39, 0.29) is 11.6 Å². The molecule has 1 fully saturated rings. The smallest absolute Gasteiger partial charge is 0.325 e. The molecular weight excluding hydrogens is 663 g/mol. The van der Waals surface area contributed by atoms with Crippen LogP contribution in [0.25, 0.3) is 0 Å². The van der Waals surface area contributed by atoms with Crippen LogP contribution in [0.4, 0.5) is 24.5 Å². The summed E-state index contributed by atoms with van der Waals surface area (Å²) in [5.41, 5.74) is -0.544. The number of halogens is 4. The van der Waals surface area contributed by atoms with E-state index in [1.807, 2.05) is 17.5 Å². The highest BCUT2D eigenvalue weighted by atomic mass is 79.9. The number of aromatic nitrogens is 1. The minimum atomic E-state index is -4.58. The van der Waals surface area contributed by atoms with E-state index in [2.05, 4.69) is 21.2 Å². The fourth-order valence-corrected chi connectivity index (χ4v) is 8.98. The molecular formula is C27H17BrF3N3O4S3. The van der Waals surface area contributed by atoms with Crippen LogP contribution in [0.2, 0.25) is 0 Å². The summed E-state index contributed by atoms with van der Waals surface area (Å²) in [5.74, 6) is -2.81. The van der Waals surface area contributed by atoms with Crippen LogP contribution >= 0.6 is 50.4 Å².